The highest BCUT2D eigenvalue weighted by atomic mass is 16.5. The van der Waals surface area contributed by atoms with E-state index in [0.717, 1.165) is 40.1 Å². The minimum absolute atomic E-state index is 0.0216. The van der Waals surface area contributed by atoms with E-state index in [1.54, 1.807) is 6.92 Å². The Morgan fingerprint density at radius 1 is 1.15 bits per heavy atom. The molecule has 1 aromatic carbocycles. The minimum Gasteiger partial charge on any atom is -0.461 e. The number of ether oxygens (including phenoxy) is 1. The van der Waals surface area contributed by atoms with Gasteiger partial charge in [-0.05, 0) is 62.8 Å². The Labute approximate surface area is 155 Å². The summed E-state index contributed by atoms with van der Waals surface area (Å²) in [5.41, 5.74) is 6.36. The van der Waals surface area contributed by atoms with Gasteiger partial charge in [-0.2, -0.15) is 0 Å². The van der Waals surface area contributed by atoms with Crippen molar-refractivity contribution in [2.24, 2.45) is 0 Å². The molecule has 0 atom stereocenters. The van der Waals surface area contributed by atoms with Crippen LogP contribution in [0.1, 0.15) is 58.7 Å². The molecule has 0 unspecified atom stereocenters. The SMILES string of the molecule is CCOC(=O)c1[nH]c(C)c(CCC(=O)Nc2c(C)cccc2CC)c1C. The quantitative estimate of drug-likeness (QED) is 0.729. The van der Waals surface area contributed by atoms with Crippen molar-refractivity contribution < 1.29 is 14.3 Å². The van der Waals surface area contributed by atoms with Gasteiger partial charge in [0.05, 0.1) is 6.61 Å². The smallest absolute Gasteiger partial charge is 0.355 e. The van der Waals surface area contributed by atoms with Crippen LogP contribution in [0.15, 0.2) is 18.2 Å². The number of H-pyrrole nitrogens is 1. The molecule has 0 saturated carbocycles. The maximum Gasteiger partial charge on any atom is 0.355 e. The molecule has 140 valence electrons. The highest BCUT2D eigenvalue weighted by Crippen LogP contribution is 2.23. The molecule has 5 nitrogen and oxygen atoms in total. The summed E-state index contributed by atoms with van der Waals surface area (Å²) in [5.74, 6) is -0.372. The van der Waals surface area contributed by atoms with E-state index in [0.29, 0.717) is 25.1 Å². The number of aromatic amines is 1. The van der Waals surface area contributed by atoms with Gasteiger partial charge in [-0.3, -0.25) is 4.79 Å². The standard InChI is InChI=1S/C21H28N2O3/c1-6-16-10-8-9-13(3)19(16)23-18(24)12-11-17-14(4)20(22-15(17)5)21(25)26-7-2/h8-10,22H,6-7,11-12H2,1-5H3,(H,23,24). The Morgan fingerprint density at radius 2 is 1.88 bits per heavy atom. The maximum atomic E-state index is 12.5. The van der Waals surface area contributed by atoms with Gasteiger partial charge in [0.25, 0.3) is 0 Å². The third-order valence-corrected chi connectivity index (χ3v) is 4.68. The number of para-hydroxylation sites is 1. The minimum atomic E-state index is -0.351. The summed E-state index contributed by atoms with van der Waals surface area (Å²) in [4.78, 5) is 27.5. The Balaban J connectivity index is 2.08. The molecule has 0 saturated heterocycles. The van der Waals surface area contributed by atoms with E-state index in [2.05, 4.69) is 17.2 Å². The van der Waals surface area contributed by atoms with E-state index >= 15 is 0 Å². The first-order valence-corrected chi connectivity index (χ1v) is 9.12. The number of aryl methyl sites for hydroxylation is 3. The highest BCUT2D eigenvalue weighted by molar-refractivity contribution is 5.93. The maximum absolute atomic E-state index is 12.5. The first kappa shape index (κ1) is 19.8. The fourth-order valence-electron chi connectivity index (χ4n) is 3.21. The van der Waals surface area contributed by atoms with Crippen molar-refractivity contribution in [1.29, 1.82) is 0 Å². The molecule has 0 aliphatic rings. The lowest BCUT2D eigenvalue weighted by Crippen LogP contribution is -2.15. The van der Waals surface area contributed by atoms with Gasteiger partial charge in [0.2, 0.25) is 5.91 Å². The van der Waals surface area contributed by atoms with Gasteiger partial charge in [0.1, 0.15) is 5.69 Å². The second-order valence-corrected chi connectivity index (χ2v) is 6.46. The van der Waals surface area contributed by atoms with Gasteiger partial charge < -0.3 is 15.0 Å². The average Bonchev–Trinajstić information content (AvgIpc) is 2.89. The summed E-state index contributed by atoms with van der Waals surface area (Å²) in [5, 5.41) is 3.05. The largest absolute Gasteiger partial charge is 0.461 e. The lowest BCUT2D eigenvalue weighted by atomic mass is 10.0. The molecule has 1 amide bonds. The molecular formula is C21H28N2O3. The van der Waals surface area contributed by atoms with Crippen LogP contribution in [0, 0.1) is 20.8 Å². The van der Waals surface area contributed by atoms with Crippen LogP contribution in [0.2, 0.25) is 0 Å². The number of hydrogen-bond acceptors (Lipinski definition) is 3. The van der Waals surface area contributed by atoms with E-state index in [4.69, 9.17) is 4.74 Å². The molecule has 1 aromatic heterocycles. The van der Waals surface area contributed by atoms with Crippen LogP contribution in [-0.4, -0.2) is 23.5 Å². The second kappa shape index (κ2) is 8.70. The molecule has 5 heteroatoms. The number of benzene rings is 1. The number of carbonyl (C=O) groups excluding carboxylic acids is 2. The normalized spacial score (nSPS) is 10.7. The summed E-state index contributed by atoms with van der Waals surface area (Å²) in [6.07, 6.45) is 1.81. The van der Waals surface area contributed by atoms with Crippen LogP contribution >= 0.6 is 0 Å². The Bertz CT molecular complexity index is 806. The van der Waals surface area contributed by atoms with E-state index in [9.17, 15) is 9.59 Å². The molecule has 2 rings (SSSR count). The number of anilines is 1. The molecule has 0 fully saturated rings. The van der Waals surface area contributed by atoms with E-state index < -0.39 is 0 Å². The molecule has 0 aliphatic carbocycles. The predicted molar refractivity (Wildman–Crippen MR) is 104 cm³/mol. The van der Waals surface area contributed by atoms with Gasteiger partial charge in [-0.15, -0.1) is 0 Å². The summed E-state index contributed by atoms with van der Waals surface area (Å²) >= 11 is 0. The first-order chi connectivity index (χ1) is 12.4. The van der Waals surface area contributed by atoms with Gasteiger partial charge in [0.15, 0.2) is 0 Å². The van der Waals surface area contributed by atoms with Crippen molar-refractivity contribution in [3.05, 3.63) is 51.8 Å². The Morgan fingerprint density at radius 3 is 2.54 bits per heavy atom. The Kier molecular flexibility index (Phi) is 6.61. The molecule has 2 N–H and O–H groups in total. The number of carbonyl (C=O) groups is 2. The lowest BCUT2D eigenvalue weighted by molar-refractivity contribution is -0.116. The van der Waals surface area contributed by atoms with Gasteiger partial charge in [-0.25, -0.2) is 4.79 Å². The van der Waals surface area contributed by atoms with E-state index in [1.807, 2.05) is 39.0 Å². The van der Waals surface area contributed by atoms with Crippen molar-refractivity contribution in [2.75, 3.05) is 11.9 Å². The highest BCUT2D eigenvalue weighted by Gasteiger charge is 2.19. The van der Waals surface area contributed by atoms with Crippen molar-refractivity contribution in [3.63, 3.8) is 0 Å². The van der Waals surface area contributed by atoms with Gasteiger partial charge in [-0.1, -0.05) is 25.1 Å². The molecule has 0 aliphatic heterocycles. The molecule has 0 radical (unpaired) electrons. The summed E-state index contributed by atoms with van der Waals surface area (Å²) < 4.78 is 5.07. The molecule has 0 bridgehead atoms. The fourth-order valence-corrected chi connectivity index (χ4v) is 3.21. The third-order valence-electron chi connectivity index (χ3n) is 4.68. The van der Waals surface area contributed by atoms with Crippen LogP contribution in [0.5, 0.6) is 0 Å². The van der Waals surface area contributed by atoms with Gasteiger partial charge in [0, 0.05) is 17.8 Å². The zero-order valence-electron chi connectivity index (χ0n) is 16.3. The van der Waals surface area contributed by atoms with Crippen LogP contribution in [0.25, 0.3) is 0 Å². The molecular weight excluding hydrogens is 328 g/mol. The van der Waals surface area contributed by atoms with E-state index in [1.165, 1.54) is 0 Å². The summed E-state index contributed by atoms with van der Waals surface area (Å²) in [6, 6.07) is 6.04. The first-order valence-electron chi connectivity index (χ1n) is 9.12. The topological polar surface area (TPSA) is 71.2 Å². The van der Waals surface area contributed by atoms with Crippen molar-refractivity contribution >= 4 is 17.6 Å². The number of aromatic nitrogens is 1. The van der Waals surface area contributed by atoms with Crippen LogP contribution < -0.4 is 5.32 Å². The molecule has 1 heterocycles. The number of hydrogen-bond donors (Lipinski definition) is 2. The fraction of sp³-hybridized carbons (Fsp3) is 0.429. The van der Waals surface area contributed by atoms with Crippen molar-refractivity contribution in [1.82, 2.24) is 4.98 Å². The zero-order valence-corrected chi connectivity index (χ0v) is 16.3. The summed E-state index contributed by atoms with van der Waals surface area (Å²) in [7, 11) is 0. The van der Waals surface area contributed by atoms with E-state index in [-0.39, 0.29) is 11.9 Å². The molecule has 2 aromatic rings. The second-order valence-electron chi connectivity index (χ2n) is 6.46. The van der Waals surface area contributed by atoms with Crippen LogP contribution in [0.3, 0.4) is 0 Å². The van der Waals surface area contributed by atoms with Crippen molar-refractivity contribution in [3.8, 4) is 0 Å². The van der Waals surface area contributed by atoms with Gasteiger partial charge >= 0.3 is 5.97 Å². The average molecular weight is 356 g/mol. The number of rotatable bonds is 7. The monoisotopic (exact) mass is 356 g/mol. The predicted octanol–water partition coefficient (Wildman–Crippen LogP) is 4.25. The van der Waals surface area contributed by atoms with Crippen LogP contribution in [0.4, 0.5) is 5.69 Å². The number of nitrogens with one attached hydrogen (secondary N) is 2. The van der Waals surface area contributed by atoms with Crippen molar-refractivity contribution in [2.45, 2.75) is 53.9 Å². The number of amides is 1. The number of esters is 1. The lowest BCUT2D eigenvalue weighted by Gasteiger charge is -2.13. The summed E-state index contributed by atoms with van der Waals surface area (Å²) in [6.45, 7) is 10.0. The molecule has 26 heavy (non-hydrogen) atoms. The Hall–Kier alpha value is -2.56. The zero-order chi connectivity index (χ0) is 19.3. The third kappa shape index (κ3) is 4.34. The molecule has 0 spiro atoms. The van der Waals surface area contributed by atoms with Crippen LogP contribution in [-0.2, 0) is 22.4 Å².